The Kier molecular flexibility index (Phi) is 5.91. The van der Waals surface area contributed by atoms with Crippen molar-refractivity contribution in [2.45, 2.75) is 6.92 Å². The fourth-order valence-electron chi connectivity index (χ4n) is 3.76. The molecule has 0 atom stereocenters. The first-order valence-electron chi connectivity index (χ1n) is 10.1. The summed E-state index contributed by atoms with van der Waals surface area (Å²) in [6, 6.07) is 7.73. The molecule has 2 aromatic carbocycles. The second kappa shape index (κ2) is 8.80. The summed E-state index contributed by atoms with van der Waals surface area (Å²) >= 11 is 0. The number of fused-ring (bicyclic) bond motifs is 1. The maximum absolute atomic E-state index is 13.9. The molecule has 1 aliphatic rings. The number of nitrogens with one attached hydrogen (secondary N) is 1. The third-order valence-corrected chi connectivity index (χ3v) is 5.39. The number of primary amides is 1. The number of benzene rings is 2. The molecule has 166 valence electrons. The third kappa shape index (κ3) is 4.06. The minimum absolute atomic E-state index is 0.0494. The van der Waals surface area contributed by atoms with Crippen LogP contribution in [-0.4, -0.2) is 55.1 Å². The first kappa shape index (κ1) is 21.5. The van der Waals surface area contributed by atoms with Crippen molar-refractivity contribution < 1.29 is 23.5 Å². The van der Waals surface area contributed by atoms with Crippen molar-refractivity contribution in [3.8, 4) is 5.75 Å². The second-order valence-electron chi connectivity index (χ2n) is 7.48. The highest BCUT2D eigenvalue weighted by Crippen LogP contribution is 2.33. The van der Waals surface area contributed by atoms with Gasteiger partial charge in [0.15, 0.2) is 11.6 Å². The van der Waals surface area contributed by atoms with Crippen LogP contribution in [0.5, 0.6) is 5.75 Å². The van der Waals surface area contributed by atoms with E-state index in [1.807, 2.05) is 6.92 Å². The minimum Gasteiger partial charge on any atom is -0.494 e. The number of morpholine rings is 1. The Morgan fingerprint density at radius 2 is 1.97 bits per heavy atom. The Morgan fingerprint density at radius 1 is 1.22 bits per heavy atom. The number of carbonyl (C=O) groups excluding carboxylic acids is 2. The Hall–Kier alpha value is -3.72. The Balaban J connectivity index is 1.85. The van der Waals surface area contributed by atoms with Crippen LogP contribution in [0.4, 0.5) is 15.8 Å². The Bertz CT molecular complexity index is 1210. The number of methoxy groups -OCH3 is 1. The lowest BCUT2D eigenvalue weighted by Gasteiger charge is -2.27. The molecule has 32 heavy (non-hydrogen) atoms. The zero-order valence-electron chi connectivity index (χ0n) is 17.8. The fraction of sp³-hybridized carbons (Fsp3) is 0.261. The molecule has 3 N–H and O–H groups in total. The average Bonchev–Trinajstić information content (AvgIpc) is 2.80. The highest BCUT2D eigenvalue weighted by molar-refractivity contribution is 6.10. The first-order valence-corrected chi connectivity index (χ1v) is 10.1. The SMILES string of the molecule is COc1cc(Nc2c(C(N)=O)cnc3c(C)cc(C(=O)N4CCOCC4)cc23)ccc1F. The van der Waals surface area contributed by atoms with E-state index in [9.17, 15) is 14.0 Å². The second-order valence-corrected chi connectivity index (χ2v) is 7.48. The van der Waals surface area contributed by atoms with Gasteiger partial charge in [-0.15, -0.1) is 0 Å². The molecule has 1 aliphatic heterocycles. The van der Waals surface area contributed by atoms with Crippen molar-refractivity contribution in [3.63, 3.8) is 0 Å². The highest BCUT2D eigenvalue weighted by atomic mass is 19.1. The van der Waals surface area contributed by atoms with E-state index in [-0.39, 0.29) is 17.2 Å². The Morgan fingerprint density at radius 3 is 2.66 bits per heavy atom. The number of halogens is 1. The lowest BCUT2D eigenvalue weighted by atomic mass is 10.0. The molecule has 0 saturated carbocycles. The van der Waals surface area contributed by atoms with E-state index in [1.54, 1.807) is 17.0 Å². The van der Waals surface area contributed by atoms with E-state index in [2.05, 4.69) is 10.3 Å². The molecule has 0 bridgehead atoms. The van der Waals surface area contributed by atoms with Gasteiger partial charge in [0.05, 0.1) is 37.1 Å². The molecule has 4 rings (SSSR count). The van der Waals surface area contributed by atoms with E-state index in [0.717, 1.165) is 5.56 Å². The molecule has 1 aromatic heterocycles. The molecular weight excluding hydrogens is 415 g/mol. The normalized spacial score (nSPS) is 13.8. The molecule has 1 fully saturated rings. The number of aromatic nitrogens is 1. The maximum Gasteiger partial charge on any atom is 0.254 e. The van der Waals surface area contributed by atoms with Gasteiger partial charge in [0.25, 0.3) is 11.8 Å². The molecular formula is C23H23FN4O4. The molecule has 0 spiro atoms. The molecule has 0 unspecified atom stereocenters. The molecule has 1 saturated heterocycles. The predicted octanol–water partition coefficient (Wildman–Crippen LogP) is 3.01. The number of carbonyl (C=O) groups is 2. The number of hydrogen-bond donors (Lipinski definition) is 2. The largest absolute Gasteiger partial charge is 0.494 e. The number of amides is 2. The lowest BCUT2D eigenvalue weighted by molar-refractivity contribution is 0.0303. The van der Waals surface area contributed by atoms with Crippen LogP contribution in [0.15, 0.2) is 36.5 Å². The van der Waals surface area contributed by atoms with Crippen LogP contribution in [0.1, 0.15) is 26.3 Å². The fourth-order valence-corrected chi connectivity index (χ4v) is 3.76. The predicted molar refractivity (Wildman–Crippen MR) is 118 cm³/mol. The number of hydrogen-bond acceptors (Lipinski definition) is 6. The maximum atomic E-state index is 13.9. The Labute approximate surface area is 184 Å². The van der Waals surface area contributed by atoms with Crippen LogP contribution in [0.2, 0.25) is 0 Å². The summed E-state index contributed by atoms with van der Waals surface area (Å²) in [5.41, 5.74) is 8.48. The lowest BCUT2D eigenvalue weighted by Crippen LogP contribution is -2.40. The van der Waals surface area contributed by atoms with E-state index < -0.39 is 11.7 Å². The number of pyridine rings is 1. The number of ether oxygens (including phenoxy) is 2. The van der Waals surface area contributed by atoms with Crippen molar-refractivity contribution in [1.82, 2.24) is 9.88 Å². The monoisotopic (exact) mass is 438 g/mol. The van der Waals surface area contributed by atoms with Gasteiger partial charge in [0, 0.05) is 42.0 Å². The average molecular weight is 438 g/mol. The molecule has 2 heterocycles. The summed E-state index contributed by atoms with van der Waals surface area (Å²) < 4.78 is 24.2. The van der Waals surface area contributed by atoms with E-state index in [1.165, 1.54) is 31.5 Å². The first-order chi connectivity index (χ1) is 15.4. The summed E-state index contributed by atoms with van der Waals surface area (Å²) in [7, 11) is 1.37. The zero-order valence-corrected chi connectivity index (χ0v) is 17.8. The van der Waals surface area contributed by atoms with Crippen LogP contribution >= 0.6 is 0 Å². The van der Waals surface area contributed by atoms with Crippen LogP contribution < -0.4 is 15.8 Å². The van der Waals surface area contributed by atoms with Gasteiger partial charge >= 0.3 is 0 Å². The van der Waals surface area contributed by atoms with Crippen LogP contribution in [0.3, 0.4) is 0 Å². The molecule has 2 amide bonds. The van der Waals surface area contributed by atoms with Crippen molar-refractivity contribution in [2.24, 2.45) is 5.73 Å². The summed E-state index contributed by atoms with van der Waals surface area (Å²) in [6.45, 7) is 3.85. The highest BCUT2D eigenvalue weighted by Gasteiger charge is 2.22. The van der Waals surface area contributed by atoms with Gasteiger partial charge in [-0.25, -0.2) is 4.39 Å². The van der Waals surface area contributed by atoms with Gasteiger partial charge in [-0.3, -0.25) is 14.6 Å². The summed E-state index contributed by atoms with van der Waals surface area (Å²) in [5.74, 6) is -1.27. The summed E-state index contributed by atoms with van der Waals surface area (Å²) in [4.78, 5) is 31.4. The number of aryl methyl sites for hydroxylation is 1. The molecule has 0 aliphatic carbocycles. The van der Waals surface area contributed by atoms with Crippen LogP contribution in [-0.2, 0) is 4.74 Å². The van der Waals surface area contributed by atoms with Crippen LogP contribution in [0.25, 0.3) is 10.9 Å². The van der Waals surface area contributed by atoms with Gasteiger partial charge in [-0.05, 0) is 36.8 Å². The third-order valence-electron chi connectivity index (χ3n) is 5.39. The smallest absolute Gasteiger partial charge is 0.254 e. The van der Waals surface area contributed by atoms with Gasteiger partial charge in [0.1, 0.15) is 0 Å². The quantitative estimate of drug-likeness (QED) is 0.634. The van der Waals surface area contributed by atoms with Gasteiger partial charge in [-0.1, -0.05) is 0 Å². The number of nitrogens with two attached hydrogens (primary N) is 1. The van der Waals surface area contributed by atoms with Gasteiger partial charge in [-0.2, -0.15) is 0 Å². The molecule has 0 radical (unpaired) electrons. The van der Waals surface area contributed by atoms with Gasteiger partial charge < -0.3 is 25.4 Å². The molecule has 3 aromatic rings. The van der Waals surface area contributed by atoms with E-state index in [4.69, 9.17) is 15.2 Å². The molecule has 8 nitrogen and oxygen atoms in total. The van der Waals surface area contributed by atoms with Crippen molar-refractivity contribution in [1.29, 1.82) is 0 Å². The van der Waals surface area contributed by atoms with E-state index in [0.29, 0.717) is 54.1 Å². The van der Waals surface area contributed by atoms with Crippen molar-refractivity contribution >= 4 is 34.1 Å². The van der Waals surface area contributed by atoms with E-state index >= 15 is 0 Å². The topological polar surface area (TPSA) is 107 Å². The summed E-state index contributed by atoms with van der Waals surface area (Å²) in [6.07, 6.45) is 1.39. The number of rotatable bonds is 5. The molecule has 9 heteroatoms. The summed E-state index contributed by atoms with van der Waals surface area (Å²) in [5, 5.41) is 3.70. The van der Waals surface area contributed by atoms with Crippen molar-refractivity contribution in [3.05, 3.63) is 59.0 Å². The zero-order chi connectivity index (χ0) is 22.8. The standard InChI is InChI=1S/C23H23FN4O4/c1-13-9-14(23(30)28-5-7-32-8-6-28)10-16-20(13)26-12-17(22(25)29)21(16)27-15-3-4-18(24)19(11-15)31-2/h3-4,9-12H,5-8H2,1-2H3,(H2,25,29)(H,26,27). The number of nitrogens with zero attached hydrogens (tertiary/aromatic N) is 2. The van der Waals surface area contributed by atoms with Crippen molar-refractivity contribution in [2.75, 3.05) is 38.7 Å². The van der Waals surface area contributed by atoms with Gasteiger partial charge in [0.2, 0.25) is 0 Å². The number of anilines is 2. The van der Waals surface area contributed by atoms with Crippen LogP contribution in [0, 0.1) is 12.7 Å². The minimum atomic E-state index is -0.682.